The maximum atomic E-state index is 10.2. The van der Waals surface area contributed by atoms with Gasteiger partial charge in [0.25, 0.3) is 0 Å². The Morgan fingerprint density at radius 1 is 1.18 bits per heavy atom. The third-order valence-corrected chi connectivity index (χ3v) is 3.60. The van der Waals surface area contributed by atoms with Crippen LogP contribution in [0, 0.1) is 13.8 Å². The summed E-state index contributed by atoms with van der Waals surface area (Å²) in [5.41, 5.74) is 2.35. The van der Waals surface area contributed by atoms with Crippen LogP contribution in [0.4, 0.5) is 0 Å². The topological polar surface area (TPSA) is 41.9 Å². The van der Waals surface area contributed by atoms with Gasteiger partial charge in [0.2, 0.25) is 0 Å². The number of benzene rings is 1. The fraction of sp³-hybridized carbons (Fsp3) is 0.647. The molecule has 1 aliphatic rings. The molecule has 0 bridgehead atoms. The highest BCUT2D eigenvalue weighted by atomic mass is 35.5. The minimum Gasteiger partial charge on any atom is -0.491 e. The second kappa shape index (κ2) is 8.73. The van der Waals surface area contributed by atoms with E-state index in [2.05, 4.69) is 24.8 Å². The van der Waals surface area contributed by atoms with Crippen molar-refractivity contribution in [2.45, 2.75) is 46.0 Å². The first-order chi connectivity index (χ1) is 9.92. The van der Waals surface area contributed by atoms with Crippen molar-refractivity contribution >= 4 is 12.4 Å². The van der Waals surface area contributed by atoms with E-state index in [9.17, 15) is 5.11 Å². The van der Waals surface area contributed by atoms with Crippen molar-refractivity contribution in [3.05, 3.63) is 29.3 Å². The minimum absolute atomic E-state index is 0. The molecule has 1 aliphatic heterocycles. The smallest absolute Gasteiger partial charge is 0.119 e. The number of hydrogen-bond acceptors (Lipinski definition) is 4. The maximum Gasteiger partial charge on any atom is 0.119 e. The lowest BCUT2D eigenvalue weighted by Crippen LogP contribution is -2.48. The summed E-state index contributed by atoms with van der Waals surface area (Å²) in [6, 6.07) is 6.11. The fourth-order valence-corrected chi connectivity index (χ4v) is 2.99. The maximum absolute atomic E-state index is 10.2. The number of β-amino-alcohol motifs (C(OH)–C–C–N with tert-alkyl or cyclic N) is 1. The van der Waals surface area contributed by atoms with Crippen molar-refractivity contribution in [3.63, 3.8) is 0 Å². The Hall–Kier alpha value is -0.810. The van der Waals surface area contributed by atoms with E-state index in [0.717, 1.165) is 18.8 Å². The quantitative estimate of drug-likeness (QED) is 0.901. The number of ether oxygens (including phenoxy) is 2. The molecular weight excluding hydrogens is 302 g/mol. The van der Waals surface area contributed by atoms with E-state index in [1.165, 1.54) is 11.1 Å². The highest BCUT2D eigenvalue weighted by molar-refractivity contribution is 5.85. The summed E-state index contributed by atoms with van der Waals surface area (Å²) in [6.45, 7) is 10.9. The summed E-state index contributed by atoms with van der Waals surface area (Å²) < 4.78 is 11.4. The number of aryl methyl sites for hydroxylation is 2. The molecule has 1 heterocycles. The van der Waals surface area contributed by atoms with Crippen LogP contribution in [0.1, 0.15) is 25.0 Å². The van der Waals surface area contributed by atoms with Crippen molar-refractivity contribution in [3.8, 4) is 5.75 Å². The van der Waals surface area contributed by atoms with Crippen LogP contribution in [0.2, 0.25) is 0 Å². The third kappa shape index (κ3) is 6.13. The lowest BCUT2D eigenvalue weighted by Gasteiger charge is -2.36. The van der Waals surface area contributed by atoms with Crippen molar-refractivity contribution in [1.82, 2.24) is 4.90 Å². The van der Waals surface area contributed by atoms with E-state index in [-0.39, 0.29) is 24.6 Å². The molecule has 0 spiro atoms. The monoisotopic (exact) mass is 329 g/mol. The van der Waals surface area contributed by atoms with Gasteiger partial charge in [0.15, 0.2) is 0 Å². The molecule has 0 radical (unpaired) electrons. The lowest BCUT2D eigenvalue weighted by molar-refractivity contribution is -0.0786. The largest absolute Gasteiger partial charge is 0.491 e. The molecule has 5 heteroatoms. The van der Waals surface area contributed by atoms with Gasteiger partial charge in [-0.1, -0.05) is 6.07 Å². The molecule has 0 aromatic heterocycles. The van der Waals surface area contributed by atoms with Gasteiger partial charge in [-0.3, -0.25) is 4.90 Å². The van der Waals surface area contributed by atoms with E-state index < -0.39 is 6.10 Å². The predicted molar refractivity (Wildman–Crippen MR) is 91.1 cm³/mol. The summed E-state index contributed by atoms with van der Waals surface area (Å²) in [6.07, 6.45) is -0.0362. The van der Waals surface area contributed by atoms with Gasteiger partial charge in [-0.25, -0.2) is 0 Å². The number of nitrogens with zero attached hydrogens (tertiary/aromatic N) is 1. The molecule has 1 aromatic rings. The predicted octanol–water partition coefficient (Wildman–Crippen LogP) is 2.57. The Morgan fingerprint density at radius 3 is 2.27 bits per heavy atom. The SMILES string of the molecule is Cc1cc(C)cc(OCC(O)CN2CC(C)OC(C)C2)c1.Cl. The highest BCUT2D eigenvalue weighted by Gasteiger charge is 2.23. The van der Waals surface area contributed by atoms with Gasteiger partial charge < -0.3 is 14.6 Å². The number of rotatable bonds is 5. The summed E-state index contributed by atoms with van der Waals surface area (Å²) in [5, 5.41) is 10.2. The number of hydrogen-bond donors (Lipinski definition) is 1. The first-order valence-corrected chi connectivity index (χ1v) is 7.69. The summed E-state index contributed by atoms with van der Waals surface area (Å²) in [7, 11) is 0. The molecule has 0 saturated carbocycles. The second-order valence-electron chi connectivity index (χ2n) is 6.26. The van der Waals surface area contributed by atoms with E-state index in [0.29, 0.717) is 13.2 Å². The molecule has 0 amide bonds. The Morgan fingerprint density at radius 2 is 1.73 bits per heavy atom. The molecule has 4 nitrogen and oxygen atoms in total. The van der Waals surface area contributed by atoms with Crippen LogP contribution < -0.4 is 4.74 Å². The van der Waals surface area contributed by atoms with Gasteiger partial charge in [-0.15, -0.1) is 12.4 Å². The Bertz CT molecular complexity index is 439. The first-order valence-electron chi connectivity index (χ1n) is 7.69. The average Bonchev–Trinajstić information content (AvgIpc) is 2.34. The Kier molecular flexibility index (Phi) is 7.63. The third-order valence-electron chi connectivity index (χ3n) is 3.60. The number of halogens is 1. The first kappa shape index (κ1) is 19.2. The van der Waals surface area contributed by atoms with Crippen molar-refractivity contribution in [1.29, 1.82) is 0 Å². The Labute approximate surface area is 139 Å². The van der Waals surface area contributed by atoms with Gasteiger partial charge >= 0.3 is 0 Å². The van der Waals surface area contributed by atoms with Gasteiger partial charge in [-0.2, -0.15) is 0 Å². The van der Waals surface area contributed by atoms with Crippen LogP contribution in [-0.2, 0) is 4.74 Å². The number of aliphatic hydroxyl groups is 1. The second-order valence-corrected chi connectivity index (χ2v) is 6.26. The van der Waals surface area contributed by atoms with Crippen molar-refractivity contribution in [2.75, 3.05) is 26.2 Å². The fourth-order valence-electron chi connectivity index (χ4n) is 2.99. The van der Waals surface area contributed by atoms with Crippen molar-refractivity contribution < 1.29 is 14.6 Å². The average molecular weight is 330 g/mol. The summed E-state index contributed by atoms with van der Waals surface area (Å²) >= 11 is 0. The van der Waals surface area contributed by atoms with Crippen LogP contribution in [0.25, 0.3) is 0 Å². The summed E-state index contributed by atoms with van der Waals surface area (Å²) in [5.74, 6) is 0.829. The Balaban J connectivity index is 0.00000242. The molecule has 2 rings (SSSR count). The van der Waals surface area contributed by atoms with Crippen LogP contribution in [0.5, 0.6) is 5.75 Å². The molecule has 22 heavy (non-hydrogen) atoms. The molecule has 126 valence electrons. The van der Waals surface area contributed by atoms with Gasteiger partial charge in [0.05, 0.1) is 12.2 Å². The van der Waals surface area contributed by atoms with Crippen molar-refractivity contribution in [2.24, 2.45) is 0 Å². The summed E-state index contributed by atoms with van der Waals surface area (Å²) in [4.78, 5) is 2.24. The lowest BCUT2D eigenvalue weighted by atomic mass is 10.1. The molecule has 3 atom stereocenters. The van der Waals surface area contributed by atoms with Gasteiger partial charge in [-0.05, 0) is 51.0 Å². The molecular formula is C17H28ClNO3. The molecule has 3 unspecified atom stereocenters. The number of morpholine rings is 1. The minimum atomic E-state index is -0.483. The standard InChI is InChI=1S/C17H27NO3.ClH/c1-12-5-13(2)7-17(6-12)20-11-16(19)10-18-8-14(3)21-15(4)9-18;/h5-7,14-16,19H,8-11H2,1-4H3;1H. The molecule has 1 aromatic carbocycles. The highest BCUT2D eigenvalue weighted by Crippen LogP contribution is 2.17. The van der Waals surface area contributed by atoms with E-state index >= 15 is 0 Å². The van der Waals surface area contributed by atoms with Crippen LogP contribution >= 0.6 is 12.4 Å². The van der Waals surface area contributed by atoms with Gasteiger partial charge in [0.1, 0.15) is 18.5 Å². The zero-order valence-electron chi connectivity index (χ0n) is 13.9. The molecule has 0 aliphatic carbocycles. The molecule has 1 saturated heterocycles. The molecule has 1 N–H and O–H groups in total. The van der Waals surface area contributed by atoms with Gasteiger partial charge in [0, 0.05) is 19.6 Å². The normalized spacial score (nSPS) is 23.7. The van der Waals surface area contributed by atoms with E-state index in [4.69, 9.17) is 9.47 Å². The van der Waals surface area contributed by atoms with Crippen LogP contribution in [0.15, 0.2) is 18.2 Å². The van der Waals surface area contributed by atoms with Crippen LogP contribution in [0.3, 0.4) is 0 Å². The number of aliphatic hydroxyl groups excluding tert-OH is 1. The zero-order chi connectivity index (χ0) is 15.4. The zero-order valence-corrected chi connectivity index (χ0v) is 14.7. The van der Waals surface area contributed by atoms with E-state index in [1.807, 2.05) is 26.0 Å². The van der Waals surface area contributed by atoms with E-state index in [1.54, 1.807) is 0 Å². The van der Waals surface area contributed by atoms with Crippen LogP contribution in [-0.4, -0.2) is 54.6 Å². The molecule has 1 fully saturated rings.